The summed E-state index contributed by atoms with van der Waals surface area (Å²) in [7, 11) is 0. The van der Waals surface area contributed by atoms with Crippen molar-refractivity contribution in [3.8, 4) is 0 Å². The van der Waals surface area contributed by atoms with Gasteiger partial charge >= 0.3 is 0 Å². The summed E-state index contributed by atoms with van der Waals surface area (Å²) < 4.78 is 0. The first-order chi connectivity index (χ1) is 10.3. The average Bonchev–Trinajstić information content (AvgIpc) is 3.27. The molecule has 0 aromatic heterocycles. The van der Waals surface area contributed by atoms with Crippen molar-refractivity contribution in [2.75, 3.05) is 0 Å². The summed E-state index contributed by atoms with van der Waals surface area (Å²) in [5.74, 6) is 12.4. The predicted molar refractivity (Wildman–Crippen MR) is 83.3 cm³/mol. The summed E-state index contributed by atoms with van der Waals surface area (Å²) in [4.78, 5) is 0. The van der Waals surface area contributed by atoms with Crippen LogP contribution < -0.4 is 0 Å². The first kappa shape index (κ1) is 11.3. The van der Waals surface area contributed by atoms with E-state index in [-0.39, 0.29) is 0 Å². The Kier molecular flexibility index (Phi) is 1.71. The van der Waals surface area contributed by atoms with Crippen LogP contribution in [0.4, 0.5) is 0 Å². The van der Waals surface area contributed by atoms with E-state index >= 15 is 0 Å². The third-order valence-corrected chi connectivity index (χ3v) is 10.5. The van der Waals surface area contributed by atoms with Crippen LogP contribution in [0.15, 0.2) is 12.2 Å². The Bertz CT molecular complexity index is 560. The first-order valence-corrected chi connectivity index (χ1v) is 9.95. The van der Waals surface area contributed by atoms with E-state index in [1.165, 1.54) is 36.0 Å². The van der Waals surface area contributed by atoms with Crippen molar-refractivity contribution in [2.24, 2.45) is 70.5 Å². The predicted octanol–water partition coefficient (Wildman–Crippen LogP) is 4.76. The molecule has 0 amide bonds. The second-order valence-corrected chi connectivity index (χ2v) is 10.3. The Morgan fingerprint density at radius 2 is 1.52 bits per heavy atom. The number of fused-ring (bicyclic) bond motifs is 18. The number of rotatable bonds is 0. The quantitative estimate of drug-likeness (QED) is 0.443. The Morgan fingerprint density at radius 3 is 2.43 bits per heavy atom. The van der Waals surface area contributed by atoms with Gasteiger partial charge in [-0.3, -0.25) is 0 Å². The van der Waals surface area contributed by atoms with Crippen LogP contribution in [0.1, 0.15) is 45.4 Å². The van der Waals surface area contributed by atoms with Crippen molar-refractivity contribution < 1.29 is 0 Å². The zero-order valence-electron chi connectivity index (χ0n) is 13.2. The van der Waals surface area contributed by atoms with Gasteiger partial charge in [0.1, 0.15) is 0 Å². The maximum absolute atomic E-state index is 2.80. The molecule has 6 saturated carbocycles. The first-order valence-electron chi connectivity index (χ1n) is 9.95. The van der Waals surface area contributed by atoms with E-state index in [0.29, 0.717) is 0 Å². The molecule has 7 aliphatic carbocycles. The third-order valence-electron chi connectivity index (χ3n) is 10.5. The second-order valence-electron chi connectivity index (χ2n) is 10.3. The molecule has 0 heteroatoms. The highest BCUT2D eigenvalue weighted by Gasteiger charge is 2.75. The molecule has 6 bridgehead atoms. The van der Waals surface area contributed by atoms with Gasteiger partial charge in [-0.25, -0.2) is 0 Å². The molecule has 0 spiro atoms. The highest BCUT2D eigenvalue weighted by molar-refractivity contribution is 5.27. The van der Waals surface area contributed by atoms with Crippen LogP contribution in [0.2, 0.25) is 0 Å². The van der Waals surface area contributed by atoms with Crippen LogP contribution >= 0.6 is 0 Å². The van der Waals surface area contributed by atoms with E-state index in [1.807, 2.05) is 0 Å². The maximum Gasteiger partial charge on any atom is -0.0191 e. The molecule has 7 aliphatic rings. The highest BCUT2D eigenvalue weighted by atomic mass is 14.8. The van der Waals surface area contributed by atoms with E-state index in [4.69, 9.17) is 0 Å². The van der Waals surface area contributed by atoms with Gasteiger partial charge in [0.2, 0.25) is 0 Å². The van der Waals surface area contributed by atoms with Gasteiger partial charge in [-0.2, -0.15) is 0 Å². The minimum Gasteiger partial charge on any atom is -0.0848 e. The van der Waals surface area contributed by atoms with Crippen molar-refractivity contribution in [3.63, 3.8) is 0 Å². The normalized spacial score (nSPS) is 74.2. The molecule has 0 saturated heterocycles. The minimum atomic E-state index is 0.769. The number of allylic oxidation sites excluding steroid dienone is 2. The molecule has 112 valence electrons. The maximum atomic E-state index is 2.80. The average molecular weight is 280 g/mol. The van der Waals surface area contributed by atoms with E-state index in [2.05, 4.69) is 19.1 Å². The molecule has 0 aliphatic heterocycles. The van der Waals surface area contributed by atoms with Crippen LogP contribution in [0.5, 0.6) is 0 Å². The third kappa shape index (κ3) is 0.977. The Balaban J connectivity index is 1.37. The van der Waals surface area contributed by atoms with Crippen LogP contribution in [-0.2, 0) is 0 Å². The molecule has 12 unspecified atom stereocenters. The molecule has 0 nitrogen and oxygen atoms in total. The lowest BCUT2D eigenvalue weighted by Gasteiger charge is -2.50. The largest absolute Gasteiger partial charge is 0.0848 e. The lowest BCUT2D eigenvalue weighted by atomic mass is 9.54. The molecule has 12 atom stereocenters. The van der Waals surface area contributed by atoms with Gasteiger partial charge in [0.05, 0.1) is 0 Å². The van der Waals surface area contributed by atoms with Crippen LogP contribution in [0.25, 0.3) is 0 Å². The fraction of sp³-hybridized carbons (Fsp3) is 0.905. The minimum absolute atomic E-state index is 0.769. The molecule has 0 N–H and O–H groups in total. The van der Waals surface area contributed by atoms with Gasteiger partial charge in [-0.15, -0.1) is 0 Å². The topological polar surface area (TPSA) is 0 Å². The smallest absolute Gasteiger partial charge is 0.0191 e. The lowest BCUT2D eigenvalue weighted by Crippen LogP contribution is -2.46. The summed E-state index contributed by atoms with van der Waals surface area (Å²) in [6.45, 7) is 2.80. The van der Waals surface area contributed by atoms with Crippen LogP contribution in [0, 0.1) is 70.5 Å². The summed E-state index contributed by atoms with van der Waals surface area (Å²) in [5.41, 5.74) is 0.769. The summed E-state index contributed by atoms with van der Waals surface area (Å²) in [6.07, 6.45) is 14.9. The molecule has 0 radical (unpaired) electrons. The standard InChI is InChI=1S/C21H28/c1-21-16(8-14-10-2-5-13(6-10)20(14)21)15-9-17(21)19-12-4-3-11(7-12)18(15)19/h2,5,10-20H,3-4,6-9H2,1H3. The SMILES string of the molecule is CC12C(CC3C4C=CC(C4)C31)C1CC2C2C3CCC(C3)C12. The number of hydrogen-bond donors (Lipinski definition) is 0. The second kappa shape index (κ2) is 3.17. The summed E-state index contributed by atoms with van der Waals surface area (Å²) in [5, 5.41) is 0. The van der Waals surface area contributed by atoms with Gasteiger partial charge in [-0.05, 0) is 109 Å². The fourth-order valence-electron chi connectivity index (χ4n) is 10.4. The number of hydrogen-bond acceptors (Lipinski definition) is 0. The van der Waals surface area contributed by atoms with Gasteiger partial charge in [-0.1, -0.05) is 19.1 Å². The molecular formula is C21H28. The van der Waals surface area contributed by atoms with Gasteiger partial charge in [0, 0.05) is 0 Å². The molecule has 7 rings (SSSR count). The van der Waals surface area contributed by atoms with Crippen LogP contribution in [-0.4, -0.2) is 0 Å². The molecule has 21 heavy (non-hydrogen) atoms. The lowest BCUT2D eigenvalue weighted by molar-refractivity contribution is -0.0241. The van der Waals surface area contributed by atoms with Crippen molar-refractivity contribution in [1.82, 2.24) is 0 Å². The summed E-state index contributed by atoms with van der Waals surface area (Å²) in [6, 6.07) is 0. The Morgan fingerprint density at radius 1 is 0.762 bits per heavy atom. The monoisotopic (exact) mass is 280 g/mol. The van der Waals surface area contributed by atoms with Gasteiger partial charge < -0.3 is 0 Å². The zero-order chi connectivity index (χ0) is 13.5. The van der Waals surface area contributed by atoms with Crippen molar-refractivity contribution in [2.45, 2.75) is 45.4 Å². The van der Waals surface area contributed by atoms with Crippen molar-refractivity contribution >= 4 is 0 Å². The van der Waals surface area contributed by atoms with E-state index in [1.54, 1.807) is 32.1 Å². The van der Waals surface area contributed by atoms with Gasteiger partial charge in [0.15, 0.2) is 0 Å². The summed E-state index contributed by atoms with van der Waals surface area (Å²) >= 11 is 0. The van der Waals surface area contributed by atoms with Crippen molar-refractivity contribution in [1.29, 1.82) is 0 Å². The van der Waals surface area contributed by atoms with Gasteiger partial charge in [0.25, 0.3) is 0 Å². The molecule has 6 fully saturated rings. The molecular weight excluding hydrogens is 252 g/mol. The van der Waals surface area contributed by atoms with E-state index < -0.39 is 0 Å². The fourth-order valence-corrected chi connectivity index (χ4v) is 10.4. The molecule has 0 aromatic rings. The Labute approximate surface area is 128 Å². The molecule has 0 heterocycles. The van der Waals surface area contributed by atoms with E-state index in [9.17, 15) is 0 Å². The molecule has 0 aromatic carbocycles. The van der Waals surface area contributed by atoms with E-state index in [0.717, 1.165) is 40.9 Å². The zero-order valence-corrected chi connectivity index (χ0v) is 13.2. The van der Waals surface area contributed by atoms with Crippen molar-refractivity contribution in [3.05, 3.63) is 12.2 Å². The highest BCUT2D eigenvalue weighted by Crippen LogP contribution is 2.81. The Hall–Kier alpha value is -0.260. The van der Waals surface area contributed by atoms with Crippen LogP contribution in [0.3, 0.4) is 0 Å².